The van der Waals surface area contributed by atoms with Crippen molar-refractivity contribution in [3.05, 3.63) is 29.3 Å². The van der Waals surface area contributed by atoms with E-state index in [-0.39, 0.29) is 17.7 Å². The molecule has 0 fully saturated rings. The highest BCUT2D eigenvalue weighted by atomic mass is 32.1. The molecule has 0 heterocycles. The lowest BCUT2D eigenvalue weighted by atomic mass is 9.94. The van der Waals surface area contributed by atoms with Crippen LogP contribution in [0.15, 0.2) is 18.2 Å². The van der Waals surface area contributed by atoms with Gasteiger partial charge in [-0.2, -0.15) is 25.3 Å². The number of benzene rings is 1. The maximum Gasteiger partial charge on any atom is 0.237 e. The summed E-state index contributed by atoms with van der Waals surface area (Å²) in [6.45, 7) is 2.85. The van der Waals surface area contributed by atoms with Crippen LogP contribution in [0.1, 0.15) is 63.0 Å². The van der Waals surface area contributed by atoms with Crippen molar-refractivity contribution in [2.75, 3.05) is 13.2 Å². The van der Waals surface area contributed by atoms with Crippen molar-refractivity contribution < 1.29 is 14.3 Å². The van der Waals surface area contributed by atoms with Crippen molar-refractivity contribution in [1.29, 1.82) is 0 Å². The molecule has 5 N–H and O–H groups in total. The number of nitrogens with two attached hydrogens (primary N) is 2. The normalized spacial score (nSPS) is 12.9. The van der Waals surface area contributed by atoms with Gasteiger partial charge < -0.3 is 21.5 Å². The quantitative estimate of drug-likeness (QED) is 0.195. The average molecular weight is 456 g/mol. The van der Waals surface area contributed by atoms with E-state index in [0.29, 0.717) is 31.1 Å². The molecule has 0 spiro atoms. The third-order valence-corrected chi connectivity index (χ3v) is 5.83. The number of unbranched alkanes of at least 4 members (excludes halogenated alkanes) is 2. The molecule has 0 aliphatic carbocycles. The first-order valence-corrected chi connectivity index (χ1v) is 12.0. The van der Waals surface area contributed by atoms with Crippen LogP contribution in [0, 0.1) is 5.92 Å². The van der Waals surface area contributed by atoms with E-state index in [1.807, 2.05) is 18.2 Å². The smallest absolute Gasteiger partial charge is 0.237 e. The first kappa shape index (κ1) is 26.7. The molecule has 30 heavy (non-hydrogen) atoms. The number of primary amides is 1. The average Bonchev–Trinajstić information content (AvgIpc) is 2.75. The predicted molar refractivity (Wildman–Crippen MR) is 129 cm³/mol. The molecule has 0 aliphatic rings. The van der Waals surface area contributed by atoms with Gasteiger partial charge in [-0.25, -0.2) is 0 Å². The fraction of sp³-hybridized carbons (Fsp3) is 0.636. The van der Waals surface area contributed by atoms with Gasteiger partial charge in [0.1, 0.15) is 12.4 Å². The van der Waals surface area contributed by atoms with E-state index in [9.17, 15) is 9.59 Å². The van der Waals surface area contributed by atoms with Gasteiger partial charge in [0.25, 0.3) is 0 Å². The van der Waals surface area contributed by atoms with Gasteiger partial charge >= 0.3 is 0 Å². The number of rotatable bonds is 16. The van der Waals surface area contributed by atoms with Crippen LogP contribution in [0.25, 0.3) is 0 Å². The van der Waals surface area contributed by atoms with Gasteiger partial charge in [-0.3, -0.25) is 9.59 Å². The predicted octanol–water partition coefficient (Wildman–Crippen LogP) is 3.22. The van der Waals surface area contributed by atoms with E-state index in [0.717, 1.165) is 55.4 Å². The number of nitrogens with one attached hydrogen (secondary N) is 1. The Hall–Kier alpha value is -1.38. The van der Waals surface area contributed by atoms with Crippen molar-refractivity contribution in [2.45, 2.75) is 69.4 Å². The van der Waals surface area contributed by atoms with E-state index < -0.39 is 6.04 Å². The fourth-order valence-corrected chi connectivity index (χ4v) is 3.84. The molecule has 1 aromatic carbocycles. The Labute approximate surface area is 191 Å². The van der Waals surface area contributed by atoms with Crippen molar-refractivity contribution in [3.8, 4) is 5.75 Å². The summed E-state index contributed by atoms with van der Waals surface area (Å²) in [5, 5.41) is 2.81. The van der Waals surface area contributed by atoms with Crippen LogP contribution in [-0.2, 0) is 21.1 Å². The highest BCUT2D eigenvalue weighted by molar-refractivity contribution is 7.79. The summed E-state index contributed by atoms with van der Waals surface area (Å²) in [6, 6.07) is 5.27. The molecule has 0 saturated heterocycles. The second-order valence-corrected chi connectivity index (χ2v) is 8.15. The van der Waals surface area contributed by atoms with E-state index in [1.54, 1.807) is 0 Å². The standard InChI is InChI=1S/C22H37N3O3S2/c1-2-3-6-16(21(24)26)7-4-5-8-20(23)22(27)25-11-12-28-19-10-9-17(14-29)18(13-19)15-30/h9-10,13,16,20,29-30H,2-8,11-12,14-15,23H2,1H3,(H2,24,26)(H,25,27)/t16?,20-/m0/s1. The Morgan fingerprint density at radius 1 is 1.07 bits per heavy atom. The topological polar surface area (TPSA) is 107 Å². The number of carbonyl (C=O) groups excluding carboxylic acids is 2. The minimum atomic E-state index is -0.557. The molecule has 6 nitrogen and oxygen atoms in total. The monoisotopic (exact) mass is 455 g/mol. The van der Waals surface area contributed by atoms with Gasteiger partial charge in [-0.1, -0.05) is 38.7 Å². The molecule has 1 rings (SSSR count). The SMILES string of the molecule is CCCCC(CCCC[C@H](N)C(=O)NCCOc1ccc(CS)c(CS)c1)C(N)=O. The summed E-state index contributed by atoms with van der Waals surface area (Å²) in [4.78, 5) is 23.6. The van der Waals surface area contributed by atoms with Gasteiger partial charge in [-0.05, 0) is 42.5 Å². The minimum Gasteiger partial charge on any atom is -0.492 e. The molecule has 0 saturated carbocycles. The lowest BCUT2D eigenvalue weighted by Crippen LogP contribution is -2.42. The summed E-state index contributed by atoms with van der Waals surface area (Å²) >= 11 is 8.63. The zero-order valence-electron chi connectivity index (χ0n) is 17.9. The van der Waals surface area contributed by atoms with Crippen LogP contribution < -0.4 is 21.5 Å². The third-order valence-electron chi connectivity index (χ3n) is 5.15. The molecule has 8 heteroatoms. The van der Waals surface area contributed by atoms with Gasteiger partial charge in [0, 0.05) is 17.4 Å². The molecular formula is C22H37N3O3S2. The van der Waals surface area contributed by atoms with Crippen LogP contribution in [0.4, 0.5) is 0 Å². The van der Waals surface area contributed by atoms with Gasteiger partial charge in [-0.15, -0.1) is 0 Å². The molecule has 0 radical (unpaired) electrons. The molecule has 2 amide bonds. The molecule has 2 atom stereocenters. The van der Waals surface area contributed by atoms with E-state index in [1.165, 1.54) is 0 Å². The lowest BCUT2D eigenvalue weighted by Gasteiger charge is -2.15. The minimum absolute atomic E-state index is 0.0722. The Kier molecular flexibility index (Phi) is 13.7. The highest BCUT2D eigenvalue weighted by Gasteiger charge is 2.16. The Balaban J connectivity index is 2.24. The van der Waals surface area contributed by atoms with Gasteiger partial charge in [0.2, 0.25) is 11.8 Å². The summed E-state index contributed by atoms with van der Waals surface area (Å²) in [7, 11) is 0. The highest BCUT2D eigenvalue weighted by Crippen LogP contribution is 2.21. The second-order valence-electron chi connectivity index (χ2n) is 7.52. The summed E-state index contributed by atoms with van der Waals surface area (Å²) in [5.41, 5.74) is 13.7. The maximum absolute atomic E-state index is 12.1. The van der Waals surface area contributed by atoms with Crippen molar-refractivity contribution in [1.82, 2.24) is 5.32 Å². The zero-order valence-corrected chi connectivity index (χ0v) is 19.7. The van der Waals surface area contributed by atoms with E-state index in [4.69, 9.17) is 16.2 Å². The van der Waals surface area contributed by atoms with Crippen LogP contribution in [0.3, 0.4) is 0 Å². The number of hydrogen-bond acceptors (Lipinski definition) is 6. The summed E-state index contributed by atoms with van der Waals surface area (Å²) in [5.74, 6) is 1.54. The Morgan fingerprint density at radius 2 is 1.73 bits per heavy atom. The Bertz CT molecular complexity index is 659. The van der Waals surface area contributed by atoms with Crippen LogP contribution in [-0.4, -0.2) is 31.0 Å². The van der Waals surface area contributed by atoms with E-state index >= 15 is 0 Å². The first-order chi connectivity index (χ1) is 14.4. The van der Waals surface area contributed by atoms with Crippen molar-refractivity contribution in [2.24, 2.45) is 17.4 Å². The van der Waals surface area contributed by atoms with Crippen LogP contribution in [0.2, 0.25) is 0 Å². The van der Waals surface area contributed by atoms with Crippen LogP contribution in [0.5, 0.6) is 5.75 Å². The van der Waals surface area contributed by atoms with Gasteiger partial charge in [0.05, 0.1) is 12.6 Å². The fourth-order valence-electron chi connectivity index (χ4n) is 3.23. The lowest BCUT2D eigenvalue weighted by molar-refractivity contribution is -0.123. The summed E-state index contributed by atoms with van der Waals surface area (Å²) < 4.78 is 5.70. The van der Waals surface area contributed by atoms with E-state index in [2.05, 4.69) is 37.5 Å². The first-order valence-electron chi connectivity index (χ1n) is 10.7. The largest absolute Gasteiger partial charge is 0.492 e. The molecule has 1 aromatic rings. The number of hydrogen-bond donors (Lipinski definition) is 5. The maximum atomic E-state index is 12.1. The molecule has 170 valence electrons. The molecule has 0 aromatic heterocycles. The third kappa shape index (κ3) is 10.1. The number of ether oxygens (including phenoxy) is 1. The second kappa shape index (κ2) is 15.4. The number of thiol groups is 2. The molecule has 0 aliphatic heterocycles. The Morgan fingerprint density at radius 3 is 2.37 bits per heavy atom. The van der Waals surface area contributed by atoms with Crippen molar-refractivity contribution in [3.63, 3.8) is 0 Å². The molecule has 1 unspecified atom stereocenters. The number of carbonyl (C=O) groups is 2. The number of amides is 2. The zero-order chi connectivity index (χ0) is 22.4. The van der Waals surface area contributed by atoms with Gasteiger partial charge in [0.15, 0.2) is 0 Å². The molecular weight excluding hydrogens is 418 g/mol. The molecule has 0 bridgehead atoms. The summed E-state index contributed by atoms with van der Waals surface area (Å²) in [6.07, 6.45) is 5.89. The van der Waals surface area contributed by atoms with Crippen molar-refractivity contribution >= 4 is 37.1 Å². The van der Waals surface area contributed by atoms with Crippen LogP contribution >= 0.6 is 25.3 Å².